The van der Waals surface area contributed by atoms with Crippen LogP contribution in [0.4, 0.5) is 5.69 Å². The summed E-state index contributed by atoms with van der Waals surface area (Å²) >= 11 is 0. The largest absolute Gasteiger partial charge is 0.384 e. The Labute approximate surface area is 114 Å². The molecule has 1 atom stereocenters. The third-order valence-corrected chi connectivity index (χ3v) is 3.71. The normalized spacial score (nSPS) is 19.1. The molecule has 0 saturated carbocycles. The standard InChI is InChI=1S/C15H23N3O/c1-11-4-5-13(15(16)19)14(9-11)18-8-6-12-3-2-7-17-10-12/h4-5,9,12,17-18H,2-3,6-8,10H2,1H3,(H2,16,19). The monoisotopic (exact) mass is 261 g/mol. The smallest absolute Gasteiger partial charge is 0.250 e. The summed E-state index contributed by atoms with van der Waals surface area (Å²) in [6, 6.07) is 5.69. The quantitative estimate of drug-likeness (QED) is 0.758. The molecule has 1 saturated heterocycles. The molecule has 4 heteroatoms. The van der Waals surface area contributed by atoms with Gasteiger partial charge in [0, 0.05) is 12.2 Å². The Morgan fingerprint density at radius 3 is 3.05 bits per heavy atom. The maximum Gasteiger partial charge on any atom is 0.250 e. The van der Waals surface area contributed by atoms with E-state index in [2.05, 4.69) is 10.6 Å². The minimum Gasteiger partial charge on any atom is -0.384 e. The Bertz CT molecular complexity index is 439. The fourth-order valence-corrected chi connectivity index (χ4v) is 2.60. The van der Waals surface area contributed by atoms with Crippen molar-refractivity contribution < 1.29 is 4.79 Å². The number of benzene rings is 1. The molecule has 1 aliphatic rings. The number of primary amides is 1. The lowest BCUT2D eigenvalue weighted by molar-refractivity contribution is 0.100. The van der Waals surface area contributed by atoms with Crippen molar-refractivity contribution in [3.05, 3.63) is 29.3 Å². The fraction of sp³-hybridized carbons (Fsp3) is 0.533. The third kappa shape index (κ3) is 3.96. The summed E-state index contributed by atoms with van der Waals surface area (Å²) in [7, 11) is 0. The maximum absolute atomic E-state index is 11.4. The molecule has 1 heterocycles. The first-order valence-corrected chi connectivity index (χ1v) is 7.02. The molecule has 104 valence electrons. The summed E-state index contributed by atoms with van der Waals surface area (Å²) < 4.78 is 0. The van der Waals surface area contributed by atoms with Gasteiger partial charge in [0.1, 0.15) is 0 Å². The molecule has 1 amide bonds. The molecule has 1 fully saturated rings. The highest BCUT2D eigenvalue weighted by atomic mass is 16.1. The van der Waals surface area contributed by atoms with Crippen molar-refractivity contribution in [2.24, 2.45) is 11.7 Å². The van der Waals surface area contributed by atoms with Gasteiger partial charge in [-0.1, -0.05) is 6.07 Å². The number of piperidine rings is 1. The number of carbonyl (C=O) groups excluding carboxylic acids is 1. The predicted octanol–water partition coefficient (Wildman–Crippen LogP) is 1.90. The molecule has 0 aromatic heterocycles. The van der Waals surface area contributed by atoms with Gasteiger partial charge in [-0.05, 0) is 62.9 Å². The van der Waals surface area contributed by atoms with Crippen LogP contribution in [0.1, 0.15) is 35.2 Å². The second-order valence-corrected chi connectivity index (χ2v) is 5.34. The molecular weight excluding hydrogens is 238 g/mol. The summed E-state index contributed by atoms with van der Waals surface area (Å²) in [5.41, 5.74) is 7.96. The fourth-order valence-electron chi connectivity index (χ4n) is 2.60. The van der Waals surface area contributed by atoms with Crippen LogP contribution in [0, 0.1) is 12.8 Å². The van der Waals surface area contributed by atoms with Crippen LogP contribution in [0.15, 0.2) is 18.2 Å². The Balaban J connectivity index is 1.91. The summed E-state index contributed by atoms with van der Waals surface area (Å²) in [4.78, 5) is 11.4. The van der Waals surface area contributed by atoms with E-state index >= 15 is 0 Å². The summed E-state index contributed by atoms with van der Waals surface area (Å²) in [6.07, 6.45) is 3.69. The lowest BCUT2D eigenvalue weighted by Crippen LogP contribution is -2.30. The van der Waals surface area contributed by atoms with Gasteiger partial charge in [-0.15, -0.1) is 0 Å². The van der Waals surface area contributed by atoms with E-state index < -0.39 is 0 Å². The van der Waals surface area contributed by atoms with Crippen molar-refractivity contribution in [2.45, 2.75) is 26.2 Å². The van der Waals surface area contributed by atoms with Gasteiger partial charge in [0.15, 0.2) is 0 Å². The van der Waals surface area contributed by atoms with Crippen LogP contribution in [0.25, 0.3) is 0 Å². The highest BCUT2D eigenvalue weighted by Gasteiger charge is 2.13. The number of nitrogens with one attached hydrogen (secondary N) is 2. The number of rotatable bonds is 5. The van der Waals surface area contributed by atoms with Crippen LogP contribution >= 0.6 is 0 Å². The maximum atomic E-state index is 11.4. The molecule has 0 aliphatic carbocycles. The number of carbonyl (C=O) groups is 1. The highest BCUT2D eigenvalue weighted by Crippen LogP contribution is 2.19. The Morgan fingerprint density at radius 1 is 1.53 bits per heavy atom. The van der Waals surface area contributed by atoms with Crippen molar-refractivity contribution in [3.63, 3.8) is 0 Å². The van der Waals surface area contributed by atoms with Crippen LogP contribution in [0.2, 0.25) is 0 Å². The highest BCUT2D eigenvalue weighted by molar-refractivity contribution is 5.98. The van der Waals surface area contributed by atoms with Crippen molar-refractivity contribution in [3.8, 4) is 0 Å². The van der Waals surface area contributed by atoms with E-state index in [0.717, 1.165) is 43.2 Å². The van der Waals surface area contributed by atoms with Crippen molar-refractivity contribution in [2.75, 3.05) is 25.0 Å². The van der Waals surface area contributed by atoms with Crippen LogP contribution < -0.4 is 16.4 Å². The molecule has 1 aromatic rings. The number of amides is 1. The second kappa shape index (κ2) is 6.57. The molecule has 0 radical (unpaired) electrons. The number of hydrogen-bond acceptors (Lipinski definition) is 3. The zero-order valence-electron chi connectivity index (χ0n) is 11.5. The molecule has 0 spiro atoms. The van der Waals surface area contributed by atoms with Crippen LogP contribution in [-0.4, -0.2) is 25.5 Å². The van der Waals surface area contributed by atoms with Crippen LogP contribution in [-0.2, 0) is 0 Å². The molecule has 1 aromatic carbocycles. The van der Waals surface area contributed by atoms with E-state index in [-0.39, 0.29) is 5.91 Å². The molecule has 0 bridgehead atoms. The SMILES string of the molecule is Cc1ccc(C(N)=O)c(NCCC2CCCNC2)c1. The van der Waals surface area contributed by atoms with E-state index in [1.807, 2.05) is 19.1 Å². The first-order chi connectivity index (χ1) is 9.16. The lowest BCUT2D eigenvalue weighted by atomic mass is 9.96. The van der Waals surface area contributed by atoms with Crippen LogP contribution in [0.3, 0.4) is 0 Å². The summed E-state index contributed by atoms with van der Waals surface area (Å²) in [5.74, 6) is 0.366. The third-order valence-electron chi connectivity index (χ3n) is 3.71. The average Bonchev–Trinajstić information content (AvgIpc) is 2.39. The number of anilines is 1. The summed E-state index contributed by atoms with van der Waals surface area (Å²) in [6.45, 7) is 5.16. The topological polar surface area (TPSA) is 67.2 Å². The first kappa shape index (κ1) is 13.9. The number of aryl methyl sites for hydroxylation is 1. The predicted molar refractivity (Wildman–Crippen MR) is 78.4 cm³/mol. The zero-order chi connectivity index (χ0) is 13.7. The van der Waals surface area contributed by atoms with Gasteiger partial charge in [0.25, 0.3) is 5.91 Å². The Morgan fingerprint density at radius 2 is 2.37 bits per heavy atom. The molecule has 4 nitrogen and oxygen atoms in total. The van der Waals surface area contributed by atoms with E-state index in [9.17, 15) is 4.79 Å². The number of nitrogens with two attached hydrogens (primary N) is 1. The minimum atomic E-state index is -0.373. The van der Waals surface area contributed by atoms with E-state index in [4.69, 9.17) is 5.73 Å². The Kier molecular flexibility index (Phi) is 4.80. The molecule has 2 rings (SSSR count). The summed E-state index contributed by atoms with van der Waals surface area (Å²) in [5, 5.41) is 6.77. The zero-order valence-corrected chi connectivity index (χ0v) is 11.5. The van der Waals surface area contributed by atoms with Gasteiger partial charge < -0.3 is 16.4 Å². The van der Waals surface area contributed by atoms with E-state index in [1.165, 1.54) is 12.8 Å². The molecule has 19 heavy (non-hydrogen) atoms. The van der Waals surface area contributed by atoms with Gasteiger partial charge in [-0.3, -0.25) is 4.79 Å². The molecular formula is C15H23N3O. The molecule has 1 aliphatic heterocycles. The first-order valence-electron chi connectivity index (χ1n) is 7.02. The van der Waals surface area contributed by atoms with Crippen LogP contribution in [0.5, 0.6) is 0 Å². The van der Waals surface area contributed by atoms with Crippen molar-refractivity contribution in [1.82, 2.24) is 5.32 Å². The minimum absolute atomic E-state index is 0.373. The van der Waals surface area contributed by atoms with Gasteiger partial charge in [0.2, 0.25) is 0 Å². The molecule has 1 unspecified atom stereocenters. The van der Waals surface area contributed by atoms with Crippen molar-refractivity contribution >= 4 is 11.6 Å². The van der Waals surface area contributed by atoms with Gasteiger partial charge in [-0.25, -0.2) is 0 Å². The number of hydrogen-bond donors (Lipinski definition) is 3. The Hall–Kier alpha value is -1.55. The van der Waals surface area contributed by atoms with Gasteiger partial charge in [0.05, 0.1) is 5.56 Å². The van der Waals surface area contributed by atoms with E-state index in [1.54, 1.807) is 6.07 Å². The average molecular weight is 261 g/mol. The lowest BCUT2D eigenvalue weighted by Gasteiger charge is -2.23. The second-order valence-electron chi connectivity index (χ2n) is 5.34. The van der Waals surface area contributed by atoms with Gasteiger partial charge in [-0.2, -0.15) is 0 Å². The van der Waals surface area contributed by atoms with Gasteiger partial charge >= 0.3 is 0 Å². The van der Waals surface area contributed by atoms with Crippen molar-refractivity contribution in [1.29, 1.82) is 0 Å². The molecule has 4 N–H and O–H groups in total. The van der Waals surface area contributed by atoms with E-state index in [0.29, 0.717) is 5.56 Å².